The molecule has 5 N–H and O–H groups in total. The third-order valence-electron chi connectivity index (χ3n) is 6.53. The Kier molecular flexibility index (Phi) is 5.38. The third-order valence-corrected chi connectivity index (χ3v) is 6.99. The molecule has 170 valence electrons. The molecule has 5 rings (SSSR count). The van der Waals surface area contributed by atoms with Gasteiger partial charge in [0.25, 0.3) is 0 Å². The average molecular weight is 460 g/mol. The Morgan fingerprint density at radius 2 is 2.00 bits per heavy atom. The zero-order chi connectivity index (χ0) is 22.5. The number of nitrogens with zero attached hydrogens (tertiary/aromatic N) is 3. The first-order chi connectivity index (χ1) is 15.3. The number of nitrogens with two attached hydrogens (primary N) is 1. The Bertz CT molecular complexity index is 1250. The van der Waals surface area contributed by atoms with E-state index in [-0.39, 0.29) is 12.6 Å². The van der Waals surface area contributed by atoms with Crippen molar-refractivity contribution >= 4 is 27.2 Å². The summed E-state index contributed by atoms with van der Waals surface area (Å²) in [6, 6.07) is 9.90. The fraction of sp³-hybridized carbons (Fsp3) is 0.429. The Balaban J connectivity index is 1.40. The van der Waals surface area contributed by atoms with Gasteiger partial charge in [-0.05, 0) is 36.5 Å². The van der Waals surface area contributed by atoms with Crippen LogP contribution in [-0.2, 0) is 20.9 Å². The summed E-state index contributed by atoms with van der Waals surface area (Å²) in [6.07, 6.45) is 3.33. The summed E-state index contributed by atoms with van der Waals surface area (Å²) in [5.41, 5.74) is 3.23. The van der Waals surface area contributed by atoms with Gasteiger partial charge >= 0.3 is 10.3 Å². The first-order valence-corrected chi connectivity index (χ1v) is 12.0. The highest BCUT2D eigenvalue weighted by Crippen LogP contribution is 2.39. The third kappa shape index (κ3) is 3.86. The second kappa shape index (κ2) is 8.09. The summed E-state index contributed by atoms with van der Waals surface area (Å²) in [5.74, 6) is 0.123. The lowest BCUT2D eigenvalue weighted by molar-refractivity contribution is -0.000932. The average Bonchev–Trinajstić information content (AvgIpc) is 3.44. The number of rotatable bonds is 6. The molecule has 1 saturated carbocycles. The van der Waals surface area contributed by atoms with Gasteiger partial charge in [-0.2, -0.15) is 8.42 Å². The van der Waals surface area contributed by atoms with Crippen molar-refractivity contribution < 1.29 is 22.8 Å². The second-order valence-corrected chi connectivity index (χ2v) is 9.66. The van der Waals surface area contributed by atoms with Crippen molar-refractivity contribution in [1.82, 2.24) is 14.5 Å². The quantitative estimate of drug-likeness (QED) is 0.426. The van der Waals surface area contributed by atoms with Crippen molar-refractivity contribution in [2.24, 2.45) is 11.1 Å². The van der Waals surface area contributed by atoms with Crippen LogP contribution in [0.25, 0.3) is 11.0 Å². The SMILES string of the molecule is NS(=O)(=O)OC[C@@H]1C[C@@H](n2ccc3c(N[C@H]4CCc5ccccc54)ncnc32)[C@H](O)[C@@H]1O. The highest BCUT2D eigenvalue weighted by molar-refractivity contribution is 7.84. The Morgan fingerprint density at radius 3 is 2.81 bits per heavy atom. The normalized spacial score (nSPS) is 27.7. The number of aryl methyl sites for hydroxylation is 1. The summed E-state index contributed by atoms with van der Waals surface area (Å²) in [5, 5.41) is 30.3. The number of aliphatic hydroxyl groups excluding tert-OH is 2. The highest BCUT2D eigenvalue weighted by Gasteiger charge is 2.43. The van der Waals surface area contributed by atoms with Crippen LogP contribution in [0.1, 0.15) is 36.1 Å². The minimum Gasteiger partial charge on any atom is -0.390 e. The van der Waals surface area contributed by atoms with Gasteiger partial charge in [-0.1, -0.05) is 24.3 Å². The summed E-state index contributed by atoms with van der Waals surface area (Å²) in [4.78, 5) is 8.85. The van der Waals surface area contributed by atoms with E-state index >= 15 is 0 Å². The molecule has 2 aliphatic rings. The van der Waals surface area contributed by atoms with Crippen LogP contribution in [0.15, 0.2) is 42.9 Å². The smallest absolute Gasteiger partial charge is 0.333 e. The van der Waals surface area contributed by atoms with Crippen molar-refractivity contribution in [3.63, 3.8) is 0 Å². The van der Waals surface area contributed by atoms with Gasteiger partial charge in [-0.15, -0.1) is 0 Å². The molecule has 10 nitrogen and oxygen atoms in total. The number of aliphatic hydroxyl groups is 2. The van der Waals surface area contributed by atoms with Crippen LogP contribution in [0.2, 0.25) is 0 Å². The van der Waals surface area contributed by atoms with E-state index in [1.807, 2.05) is 18.2 Å². The van der Waals surface area contributed by atoms with Gasteiger partial charge in [-0.25, -0.2) is 15.1 Å². The monoisotopic (exact) mass is 459 g/mol. The zero-order valence-corrected chi connectivity index (χ0v) is 18.0. The first-order valence-electron chi connectivity index (χ1n) is 10.5. The number of aromatic nitrogens is 3. The molecule has 0 bridgehead atoms. The molecule has 0 radical (unpaired) electrons. The topological polar surface area (TPSA) is 153 Å². The fourth-order valence-corrected chi connectivity index (χ4v) is 5.31. The lowest BCUT2D eigenvalue weighted by Gasteiger charge is -2.19. The van der Waals surface area contributed by atoms with Gasteiger partial charge in [-0.3, -0.25) is 4.18 Å². The minimum absolute atomic E-state index is 0.159. The molecule has 0 unspecified atom stereocenters. The van der Waals surface area contributed by atoms with Crippen LogP contribution in [0.4, 0.5) is 5.82 Å². The molecule has 1 aromatic carbocycles. The molecule has 32 heavy (non-hydrogen) atoms. The number of fused-ring (bicyclic) bond motifs is 2. The molecule has 0 spiro atoms. The van der Waals surface area contributed by atoms with Gasteiger partial charge in [0.2, 0.25) is 0 Å². The van der Waals surface area contributed by atoms with E-state index in [0.29, 0.717) is 17.9 Å². The highest BCUT2D eigenvalue weighted by atomic mass is 32.2. The molecule has 5 atom stereocenters. The van der Waals surface area contributed by atoms with Crippen molar-refractivity contribution in [3.8, 4) is 0 Å². The van der Waals surface area contributed by atoms with Crippen LogP contribution in [-0.4, -0.2) is 52.0 Å². The van der Waals surface area contributed by atoms with E-state index in [0.717, 1.165) is 18.2 Å². The molecule has 1 fully saturated rings. The van der Waals surface area contributed by atoms with E-state index in [1.165, 1.54) is 17.5 Å². The van der Waals surface area contributed by atoms with Crippen LogP contribution in [0.5, 0.6) is 0 Å². The molecule has 11 heteroatoms. The van der Waals surface area contributed by atoms with Crippen molar-refractivity contribution in [2.45, 2.75) is 43.6 Å². The molecular weight excluding hydrogens is 434 g/mol. The second-order valence-electron chi connectivity index (χ2n) is 8.44. The summed E-state index contributed by atoms with van der Waals surface area (Å²) < 4.78 is 28.6. The Hall–Kier alpha value is -2.57. The van der Waals surface area contributed by atoms with Crippen molar-refractivity contribution in [3.05, 3.63) is 54.0 Å². The van der Waals surface area contributed by atoms with E-state index in [9.17, 15) is 18.6 Å². The minimum atomic E-state index is -4.13. The van der Waals surface area contributed by atoms with Gasteiger partial charge in [0, 0.05) is 12.1 Å². The Morgan fingerprint density at radius 1 is 1.19 bits per heavy atom. The van der Waals surface area contributed by atoms with Gasteiger partial charge in [0.05, 0.1) is 30.2 Å². The molecule has 0 aliphatic heterocycles. The number of anilines is 1. The molecule has 2 aromatic heterocycles. The maximum absolute atomic E-state index is 11.1. The van der Waals surface area contributed by atoms with Crippen LogP contribution in [0.3, 0.4) is 0 Å². The molecule has 2 aliphatic carbocycles. The maximum Gasteiger partial charge on any atom is 0.333 e. The van der Waals surface area contributed by atoms with Crippen LogP contribution >= 0.6 is 0 Å². The molecule has 2 heterocycles. The summed E-state index contributed by atoms with van der Waals surface area (Å²) >= 11 is 0. The van der Waals surface area contributed by atoms with E-state index in [1.54, 1.807) is 10.8 Å². The largest absolute Gasteiger partial charge is 0.390 e. The van der Waals surface area contributed by atoms with Gasteiger partial charge in [0.15, 0.2) is 0 Å². The van der Waals surface area contributed by atoms with E-state index in [2.05, 4.69) is 31.6 Å². The summed E-state index contributed by atoms with van der Waals surface area (Å²) in [7, 11) is -4.13. The summed E-state index contributed by atoms with van der Waals surface area (Å²) in [6.45, 7) is -0.296. The molecule has 3 aromatic rings. The zero-order valence-electron chi connectivity index (χ0n) is 17.2. The fourth-order valence-electron chi connectivity index (χ4n) is 4.95. The first kappa shape index (κ1) is 21.3. The van der Waals surface area contributed by atoms with Gasteiger partial charge < -0.3 is 20.1 Å². The van der Waals surface area contributed by atoms with Crippen LogP contribution < -0.4 is 10.5 Å². The van der Waals surface area contributed by atoms with Crippen molar-refractivity contribution in [1.29, 1.82) is 0 Å². The number of nitrogens with one attached hydrogen (secondary N) is 1. The number of hydrogen-bond donors (Lipinski definition) is 4. The number of benzene rings is 1. The number of hydrogen-bond acceptors (Lipinski definition) is 8. The molecule has 0 amide bonds. The molecular formula is C21H25N5O5S. The van der Waals surface area contributed by atoms with Crippen LogP contribution in [0, 0.1) is 5.92 Å². The maximum atomic E-state index is 11.1. The van der Waals surface area contributed by atoms with Crippen molar-refractivity contribution in [2.75, 3.05) is 11.9 Å². The lowest BCUT2D eigenvalue weighted by atomic mass is 10.1. The van der Waals surface area contributed by atoms with Gasteiger partial charge in [0.1, 0.15) is 23.9 Å². The standard InChI is InChI=1S/C21H25N5O5S/c22-32(29,30)31-10-13-9-17(19(28)18(13)27)26-8-7-15-20(23-11-24-21(15)26)25-16-6-5-12-3-1-2-4-14(12)16/h1-4,7-8,11,13,16-19,27-28H,5-6,9-10H2,(H2,22,29,30)(H,23,24,25)/t13-,16-,17+,18+,19-/m0/s1. The van der Waals surface area contributed by atoms with E-state index < -0.39 is 34.5 Å². The van der Waals surface area contributed by atoms with E-state index in [4.69, 9.17) is 5.14 Å². The predicted octanol–water partition coefficient (Wildman–Crippen LogP) is 1.03. The predicted molar refractivity (Wildman–Crippen MR) is 117 cm³/mol. The lowest BCUT2D eigenvalue weighted by Crippen LogP contribution is -2.31. The Labute approximate surface area is 185 Å². The molecule has 0 saturated heterocycles.